The summed E-state index contributed by atoms with van der Waals surface area (Å²) in [7, 11) is 0. The Labute approximate surface area is 252 Å². The molecule has 5 nitrogen and oxygen atoms in total. The van der Waals surface area contributed by atoms with E-state index in [4.69, 9.17) is 28.7 Å². The van der Waals surface area contributed by atoms with Crippen molar-refractivity contribution in [2.75, 3.05) is 13.1 Å². The first-order chi connectivity index (χ1) is 18.6. The maximum Gasteiger partial charge on any atom is 0.328 e. The van der Waals surface area contributed by atoms with Gasteiger partial charge in [-0.05, 0) is 60.0 Å². The van der Waals surface area contributed by atoms with Crippen molar-refractivity contribution in [3.8, 4) is 0 Å². The van der Waals surface area contributed by atoms with Crippen molar-refractivity contribution in [1.29, 1.82) is 0 Å². The molecule has 1 radical (unpaired) electrons. The van der Waals surface area contributed by atoms with Gasteiger partial charge in [-0.2, -0.15) is 6.92 Å². The van der Waals surface area contributed by atoms with E-state index in [1.807, 2.05) is 29.6 Å². The van der Waals surface area contributed by atoms with Crippen molar-refractivity contribution in [2.24, 2.45) is 5.41 Å². The average molecular weight is 667 g/mol. The van der Waals surface area contributed by atoms with Gasteiger partial charge in [-0.3, -0.25) is 9.33 Å². The predicted molar refractivity (Wildman–Crippen MR) is 150 cm³/mol. The zero-order valence-electron chi connectivity index (χ0n) is 25.5. The molecule has 2 aromatic rings. The quantitative estimate of drug-likeness (QED) is 0.203. The van der Waals surface area contributed by atoms with Crippen LogP contribution in [0.3, 0.4) is 0 Å². The molecule has 36 heavy (non-hydrogen) atoms. The molecule has 1 saturated heterocycles. The SMILES string of the molecule is C[CH-]I.O=C(O)/C=C\C(=O)O.[2H]c1c([2H])c([2H])c([C@H]2C[C@H](N3CCCC(C)(C)C3)c3cc(Cl)ccc32)c([2H])c1[2H].[V]. The van der Waals surface area contributed by atoms with E-state index in [0.717, 1.165) is 30.6 Å². The molecule has 4 rings (SSSR count). The summed E-state index contributed by atoms with van der Waals surface area (Å²) in [6, 6.07) is 4.89. The normalized spacial score (nSPS) is 22.1. The van der Waals surface area contributed by atoms with Crippen molar-refractivity contribution < 1.29 is 45.2 Å². The van der Waals surface area contributed by atoms with Crippen LogP contribution in [0.4, 0.5) is 0 Å². The molecule has 2 aliphatic rings. The molecular formula is C28H34ClINO4V-. The third-order valence-electron chi connectivity index (χ3n) is 5.85. The molecule has 1 aliphatic heterocycles. The number of aliphatic carboxylic acids is 2. The summed E-state index contributed by atoms with van der Waals surface area (Å²) in [5, 5.41) is 16.3. The molecule has 0 aromatic heterocycles. The first kappa shape index (κ1) is 25.0. The van der Waals surface area contributed by atoms with E-state index in [9.17, 15) is 9.59 Å². The minimum atomic E-state index is -1.26. The fraction of sp³-hybridized carbons (Fsp3) is 0.393. The summed E-state index contributed by atoms with van der Waals surface area (Å²) < 4.78 is 42.9. The van der Waals surface area contributed by atoms with Crippen molar-refractivity contribution in [3.05, 3.63) is 86.7 Å². The number of hydrogen-bond donors (Lipinski definition) is 2. The van der Waals surface area contributed by atoms with Crippen LogP contribution in [-0.2, 0) is 28.1 Å². The van der Waals surface area contributed by atoms with Gasteiger partial charge in [0.2, 0.25) is 0 Å². The summed E-state index contributed by atoms with van der Waals surface area (Å²) in [4.78, 5) is 21.6. The predicted octanol–water partition coefficient (Wildman–Crippen LogP) is 7.35. The van der Waals surface area contributed by atoms with Crippen LogP contribution in [0.15, 0.2) is 60.6 Å². The van der Waals surface area contributed by atoms with Crippen LogP contribution in [0.5, 0.6) is 0 Å². The zero-order valence-corrected chi connectivity index (χ0v) is 24.8. The molecule has 0 saturated carbocycles. The standard InChI is InChI=1S/C22H26ClN.C4H4O4.C2H4I.V/c1-22(2)11-6-12-24(15-22)21-14-19(16-7-4-3-5-8-16)18-10-9-17(23)13-20(18)21;5-3(6)1-2-4(7)8;1-2-3;/h3-5,7-10,13,19,21H,6,11-12,14-15H2,1-2H3;1-2H,(H,5,6)(H,7,8);2H,1H3;/q;;-1;/b;2-1-;;/t19-,21+;;;/m1.../s1/i3D,4D,5D,7D,8D;;;. The topological polar surface area (TPSA) is 77.8 Å². The van der Waals surface area contributed by atoms with Crippen molar-refractivity contribution in [1.82, 2.24) is 4.90 Å². The first-order valence-electron chi connectivity index (χ1n) is 13.8. The van der Waals surface area contributed by atoms with Crippen molar-refractivity contribution in [3.63, 3.8) is 0 Å². The van der Waals surface area contributed by atoms with Crippen LogP contribution in [0.2, 0.25) is 5.02 Å². The number of rotatable bonds is 4. The maximum absolute atomic E-state index is 9.55. The van der Waals surface area contributed by atoms with Gasteiger partial charge in [-0.25, -0.2) is 9.59 Å². The van der Waals surface area contributed by atoms with Gasteiger partial charge in [0.15, 0.2) is 0 Å². The number of carboxylic acid groups (broad SMARTS) is 2. The van der Waals surface area contributed by atoms with Crippen molar-refractivity contribution >= 4 is 46.1 Å². The Kier molecular flexibility index (Phi) is 11.0. The number of halogens is 2. The molecule has 0 unspecified atom stereocenters. The van der Waals surface area contributed by atoms with Crippen LogP contribution in [0, 0.1) is 9.84 Å². The number of carboxylic acids is 2. The van der Waals surface area contributed by atoms with Gasteiger partial charge in [0.05, 0.1) is 6.85 Å². The van der Waals surface area contributed by atoms with Crippen LogP contribution in [0.1, 0.15) is 75.5 Å². The monoisotopic (exact) mass is 666 g/mol. The van der Waals surface area contributed by atoms with Gasteiger partial charge >= 0.3 is 11.9 Å². The van der Waals surface area contributed by atoms with Crippen LogP contribution in [-0.4, -0.2) is 40.1 Å². The van der Waals surface area contributed by atoms with Gasteiger partial charge in [0.1, 0.15) is 0 Å². The molecule has 2 N–H and O–H groups in total. The third-order valence-corrected chi connectivity index (χ3v) is 6.08. The molecule has 2 aromatic carbocycles. The summed E-state index contributed by atoms with van der Waals surface area (Å²) in [5.41, 5.74) is 2.80. The summed E-state index contributed by atoms with van der Waals surface area (Å²) in [5.74, 6) is -2.74. The molecule has 1 aliphatic carbocycles. The first-order valence-corrected chi connectivity index (χ1v) is 12.9. The van der Waals surface area contributed by atoms with E-state index in [2.05, 4.69) is 41.3 Å². The van der Waals surface area contributed by atoms with Crippen LogP contribution < -0.4 is 0 Å². The minimum absolute atomic E-state index is 0. The largest absolute Gasteiger partial charge is 0.478 e. The number of fused-ring (bicyclic) bond motifs is 1. The van der Waals surface area contributed by atoms with E-state index >= 15 is 0 Å². The van der Waals surface area contributed by atoms with E-state index in [1.165, 1.54) is 6.42 Å². The number of piperidine rings is 1. The molecule has 195 valence electrons. The Morgan fingerprint density at radius 1 is 1.17 bits per heavy atom. The molecule has 0 amide bonds. The second-order valence-corrected chi connectivity index (χ2v) is 10.8. The van der Waals surface area contributed by atoms with E-state index in [0.29, 0.717) is 29.2 Å². The maximum atomic E-state index is 9.55. The molecule has 1 heterocycles. The number of benzene rings is 2. The Balaban J connectivity index is 0.000000601. The van der Waals surface area contributed by atoms with Gasteiger partial charge in [-0.15, -0.1) is 0 Å². The molecule has 8 heteroatoms. The van der Waals surface area contributed by atoms with Gasteiger partial charge in [-0.1, -0.05) is 61.7 Å². The van der Waals surface area contributed by atoms with Gasteiger partial charge in [0, 0.05) is 54.2 Å². The Morgan fingerprint density at radius 3 is 2.28 bits per heavy atom. The number of nitrogens with zero attached hydrogens (tertiary/aromatic N) is 1. The summed E-state index contributed by atoms with van der Waals surface area (Å²) in [6.07, 6.45) is 4.16. The fourth-order valence-electron chi connectivity index (χ4n) is 4.56. The van der Waals surface area contributed by atoms with Gasteiger partial charge < -0.3 is 32.8 Å². The minimum Gasteiger partial charge on any atom is -0.478 e. The van der Waals surface area contributed by atoms with Gasteiger partial charge in [0.25, 0.3) is 0 Å². The number of carbonyl (C=O) groups is 2. The third kappa shape index (κ3) is 10.2. The Hall–Kier alpha value is -1.32. The van der Waals surface area contributed by atoms with Crippen LogP contribution >= 0.6 is 34.2 Å². The smallest absolute Gasteiger partial charge is 0.328 e. The van der Waals surface area contributed by atoms with E-state index < -0.39 is 11.9 Å². The molecular weight excluding hydrogens is 628 g/mol. The second-order valence-electron chi connectivity index (χ2n) is 9.08. The number of likely N-dealkylation sites (tertiary alicyclic amines) is 1. The summed E-state index contributed by atoms with van der Waals surface area (Å²) >= 11 is 8.50. The van der Waals surface area contributed by atoms with Crippen LogP contribution in [0.25, 0.3) is 0 Å². The Morgan fingerprint density at radius 2 is 1.75 bits per heavy atom. The van der Waals surface area contributed by atoms with Crippen molar-refractivity contribution in [2.45, 2.75) is 52.0 Å². The second kappa shape index (κ2) is 15.8. The summed E-state index contributed by atoms with van der Waals surface area (Å²) in [6.45, 7) is 8.56. The fourth-order valence-corrected chi connectivity index (χ4v) is 4.74. The van der Waals surface area contributed by atoms with E-state index in [1.54, 1.807) is 0 Å². The zero-order chi connectivity index (χ0) is 30.4. The average Bonchev–Trinajstić information content (AvgIpc) is 3.23. The molecule has 0 bridgehead atoms. The molecule has 2 atom stereocenters. The molecule has 1 fully saturated rings. The van der Waals surface area contributed by atoms with E-state index in [-0.39, 0.29) is 66.1 Å². The Bertz CT molecular complexity index is 1240. The number of hydrogen-bond acceptors (Lipinski definition) is 3. The molecule has 0 spiro atoms.